The van der Waals surface area contributed by atoms with Crippen LogP contribution in [0.25, 0.3) is 127 Å². The maximum Gasteiger partial charge on any atom is 0.167 e. The highest BCUT2D eigenvalue weighted by Crippen LogP contribution is 2.43. The Morgan fingerprint density at radius 3 is 1.79 bits per heavy atom. The van der Waals surface area contributed by atoms with Gasteiger partial charge in [0.05, 0.1) is 16.6 Å². The van der Waals surface area contributed by atoms with Crippen molar-refractivity contribution in [3.05, 3.63) is 206 Å². The van der Waals surface area contributed by atoms with Gasteiger partial charge >= 0.3 is 0 Å². The summed E-state index contributed by atoms with van der Waals surface area (Å²) in [5.74, 6) is 1.72. The van der Waals surface area contributed by atoms with Crippen LogP contribution in [0.4, 0.5) is 0 Å². The van der Waals surface area contributed by atoms with Gasteiger partial charge in [-0.1, -0.05) is 158 Å². The smallest absolute Gasteiger partial charge is 0.167 e. The first-order valence-corrected chi connectivity index (χ1v) is 20.9. The SMILES string of the molecule is c1ccc(-c2nc(-c3ccc(-n4c5cc6ccccc6cc5c5c6ccccc6ccc54)cc3-c3cccc4ccccc34)nc(-c3cccc4c3oc3ccccc34)n2)cc1. The zero-order valence-electron chi connectivity index (χ0n) is 33.3. The van der Waals surface area contributed by atoms with E-state index in [2.05, 4.69) is 168 Å². The highest BCUT2D eigenvalue weighted by atomic mass is 16.3. The van der Waals surface area contributed by atoms with Crippen LogP contribution in [0.15, 0.2) is 211 Å². The fourth-order valence-electron chi connectivity index (χ4n) is 9.56. The molecule has 3 aromatic heterocycles. The molecule has 0 saturated heterocycles. The number of fused-ring (bicyclic) bond motifs is 10. The summed E-state index contributed by atoms with van der Waals surface area (Å²) in [5, 5.41) is 11.7. The van der Waals surface area contributed by atoms with Crippen LogP contribution in [0.2, 0.25) is 0 Å². The first-order valence-electron chi connectivity index (χ1n) is 20.9. The topological polar surface area (TPSA) is 56.7 Å². The maximum absolute atomic E-state index is 6.55. The standard InChI is InChI=1S/C57H34N4O/c1-2-16-37(17-3-1)55-58-56(60-57(59-55)47-26-13-25-45-44-23-10-11-27-52(44)62-54(45)47)46-30-29-40(34-48(46)43-24-12-20-35-14-6-8-21-41(35)43)61-50-31-28-36-15-7-9-22-42(36)53(50)49-32-38-18-4-5-19-39(38)33-51(49)61/h1-34H. The third-order valence-corrected chi connectivity index (χ3v) is 12.4. The Kier molecular flexibility index (Phi) is 7.54. The number of nitrogens with zero attached hydrogens (tertiary/aromatic N) is 4. The minimum Gasteiger partial charge on any atom is -0.455 e. The van der Waals surface area contributed by atoms with Crippen LogP contribution in [0.5, 0.6) is 0 Å². The van der Waals surface area contributed by atoms with Crippen molar-refractivity contribution in [1.29, 1.82) is 0 Å². The van der Waals surface area contributed by atoms with Crippen molar-refractivity contribution in [2.75, 3.05) is 0 Å². The molecule has 0 atom stereocenters. The molecule has 0 spiro atoms. The zero-order chi connectivity index (χ0) is 40.7. The van der Waals surface area contributed by atoms with Crippen LogP contribution in [0.1, 0.15) is 0 Å². The van der Waals surface area contributed by atoms with E-state index in [1.165, 1.54) is 32.3 Å². The lowest BCUT2D eigenvalue weighted by molar-refractivity contribution is 0.669. The van der Waals surface area contributed by atoms with E-state index in [-0.39, 0.29) is 0 Å². The summed E-state index contributed by atoms with van der Waals surface area (Å²) >= 11 is 0. The number of aromatic nitrogens is 4. The lowest BCUT2D eigenvalue weighted by atomic mass is 9.93. The summed E-state index contributed by atoms with van der Waals surface area (Å²) in [4.78, 5) is 15.8. The molecule has 13 aromatic rings. The van der Waals surface area contributed by atoms with E-state index in [0.29, 0.717) is 17.5 Å². The zero-order valence-corrected chi connectivity index (χ0v) is 33.3. The highest BCUT2D eigenvalue weighted by molar-refractivity contribution is 6.23. The van der Waals surface area contributed by atoms with Gasteiger partial charge in [0.25, 0.3) is 0 Å². The van der Waals surface area contributed by atoms with Gasteiger partial charge in [0, 0.05) is 38.4 Å². The fraction of sp³-hybridized carbons (Fsp3) is 0. The quantitative estimate of drug-likeness (QED) is 0.174. The van der Waals surface area contributed by atoms with Crippen LogP contribution in [-0.2, 0) is 0 Å². The van der Waals surface area contributed by atoms with Crippen molar-refractivity contribution < 1.29 is 4.42 Å². The molecule has 0 bridgehead atoms. The van der Waals surface area contributed by atoms with E-state index in [4.69, 9.17) is 19.4 Å². The molecule has 0 unspecified atom stereocenters. The summed E-state index contributed by atoms with van der Waals surface area (Å²) in [7, 11) is 0. The minimum atomic E-state index is 0.549. The van der Waals surface area contributed by atoms with Gasteiger partial charge < -0.3 is 8.98 Å². The van der Waals surface area contributed by atoms with E-state index >= 15 is 0 Å². The lowest BCUT2D eigenvalue weighted by Crippen LogP contribution is -2.02. The average Bonchev–Trinajstić information content (AvgIpc) is 3.89. The molecule has 0 amide bonds. The molecule has 3 heterocycles. The van der Waals surface area contributed by atoms with Gasteiger partial charge in [0.15, 0.2) is 17.5 Å². The van der Waals surface area contributed by atoms with Crippen molar-refractivity contribution in [1.82, 2.24) is 19.5 Å². The summed E-state index contributed by atoms with van der Waals surface area (Å²) in [5.41, 5.74) is 9.67. The van der Waals surface area contributed by atoms with Crippen molar-refractivity contribution in [3.63, 3.8) is 0 Å². The van der Waals surface area contributed by atoms with Gasteiger partial charge in [-0.05, 0) is 92.0 Å². The minimum absolute atomic E-state index is 0.549. The third kappa shape index (κ3) is 5.32. The van der Waals surface area contributed by atoms with Crippen molar-refractivity contribution in [2.45, 2.75) is 0 Å². The van der Waals surface area contributed by atoms with E-state index in [0.717, 1.165) is 77.2 Å². The summed E-state index contributed by atoms with van der Waals surface area (Å²) in [6.07, 6.45) is 0. The van der Waals surface area contributed by atoms with E-state index in [1.807, 2.05) is 42.5 Å². The average molecular weight is 791 g/mol. The fourth-order valence-corrected chi connectivity index (χ4v) is 9.56. The predicted molar refractivity (Wildman–Crippen MR) is 256 cm³/mol. The van der Waals surface area contributed by atoms with Gasteiger partial charge in [-0.15, -0.1) is 0 Å². The number of para-hydroxylation sites is 2. The molecule has 0 fully saturated rings. The van der Waals surface area contributed by atoms with Crippen LogP contribution < -0.4 is 0 Å². The second-order valence-electron chi connectivity index (χ2n) is 15.9. The molecule has 5 heteroatoms. The van der Waals surface area contributed by atoms with Gasteiger partial charge in [-0.25, -0.2) is 15.0 Å². The summed E-state index contributed by atoms with van der Waals surface area (Å²) < 4.78 is 8.98. The van der Waals surface area contributed by atoms with Crippen molar-refractivity contribution in [2.24, 2.45) is 0 Å². The molecule has 13 rings (SSSR count). The first-order chi connectivity index (χ1) is 30.7. The third-order valence-electron chi connectivity index (χ3n) is 12.4. The van der Waals surface area contributed by atoms with Crippen molar-refractivity contribution in [3.8, 4) is 51.0 Å². The van der Waals surface area contributed by atoms with Gasteiger partial charge in [0.2, 0.25) is 0 Å². The van der Waals surface area contributed by atoms with Crippen molar-refractivity contribution >= 4 is 76.1 Å². The van der Waals surface area contributed by atoms with E-state index < -0.39 is 0 Å². The number of hydrogen-bond donors (Lipinski definition) is 0. The Hall–Kier alpha value is -8.41. The molecule has 62 heavy (non-hydrogen) atoms. The van der Waals surface area contributed by atoms with Crippen LogP contribution >= 0.6 is 0 Å². The van der Waals surface area contributed by atoms with Gasteiger partial charge in [-0.3, -0.25) is 0 Å². The molecule has 0 saturated carbocycles. The molecule has 0 aliphatic rings. The van der Waals surface area contributed by atoms with Gasteiger partial charge in [-0.2, -0.15) is 0 Å². The first kappa shape index (κ1) is 34.5. The molecule has 0 aliphatic heterocycles. The largest absolute Gasteiger partial charge is 0.455 e. The number of rotatable bonds is 5. The van der Waals surface area contributed by atoms with Crippen LogP contribution in [0, 0.1) is 0 Å². The predicted octanol–water partition coefficient (Wildman–Crippen LogP) is 15.0. The monoisotopic (exact) mass is 790 g/mol. The Morgan fingerprint density at radius 1 is 0.339 bits per heavy atom. The Labute approximate surface area is 355 Å². The second-order valence-corrected chi connectivity index (χ2v) is 15.9. The summed E-state index contributed by atoms with van der Waals surface area (Å²) in [6.45, 7) is 0. The summed E-state index contributed by atoms with van der Waals surface area (Å²) in [6, 6.07) is 72.9. The molecule has 0 radical (unpaired) electrons. The Balaban J connectivity index is 1.11. The molecule has 0 aliphatic carbocycles. The molecule has 5 nitrogen and oxygen atoms in total. The highest BCUT2D eigenvalue weighted by Gasteiger charge is 2.22. The molecular formula is C57H34N4O. The second kappa shape index (κ2) is 13.6. The Morgan fingerprint density at radius 2 is 0.952 bits per heavy atom. The molecule has 0 N–H and O–H groups in total. The van der Waals surface area contributed by atoms with E-state index in [1.54, 1.807) is 0 Å². The molecule has 288 valence electrons. The number of hydrogen-bond acceptors (Lipinski definition) is 4. The van der Waals surface area contributed by atoms with Crippen LogP contribution in [-0.4, -0.2) is 19.5 Å². The van der Waals surface area contributed by atoms with E-state index in [9.17, 15) is 0 Å². The lowest BCUT2D eigenvalue weighted by Gasteiger charge is -2.17. The normalized spacial score (nSPS) is 11.9. The molecule has 10 aromatic carbocycles. The maximum atomic E-state index is 6.55. The Bertz CT molecular complexity index is 3930. The van der Waals surface area contributed by atoms with Crippen LogP contribution in [0.3, 0.4) is 0 Å². The number of benzene rings is 10. The number of furan rings is 1. The van der Waals surface area contributed by atoms with Gasteiger partial charge in [0.1, 0.15) is 11.2 Å². The molecular weight excluding hydrogens is 757 g/mol.